The summed E-state index contributed by atoms with van der Waals surface area (Å²) in [7, 11) is 0. The Morgan fingerprint density at radius 2 is 2.11 bits per heavy atom. The van der Waals surface area contributed by atoms with Gasteiger partial charge in [0.25, 0.3) is 0 Å². The third-order valence-electron chi connectivity index (χ3n) is 3.66. The normalized spacial score (nSPS) is 19.7. The Kier molecular flexibility index (Phi) is 5.53. The lowest BCUT2D eigenvalue weighted by atomic mass is 9.97. The Balaban J connectivity index is 1.69. The van der Waals surface area contributed by atoms with Crippen molar-refractivity contribution in [1.29, 1.82) is 0 Å². The minimum atomic E-state index is 0.804. The Bertz CT molecular complexity index is 327. The van der Waals surface area contributed by atoms with Gasteiger partial charge in [0.15, 0.2) is 0 Å². The van der Waals surface area contributed by atoms with E-state index in [4.69, 9.17) is 4.74 Å². The van der Waals surface area contributed by atoms with Gasteiger partial charge in [-0.1, -0.05) is 25.5 Å². The highest BCUT2D eigenvalue weighted by atomic mass is 16.5. The molecule has 0 aromatic heterocycles. The van der Waals surface area contributed by atoms with Crippen LogP contribution in [-0.2, 0) is 6.42 Å². The van der Waals surface area contributed by atoms with E-state index in [2.05, 4.69) is 36.5 Å². The highest BCUT2D eigenvalue weighted by Gasteiger charge is 2.12. The first-order chi connectivity index (χ1) is 8.88. The molecular weight excluding hydrogens is 222 g/mol. The molecule has 2 heteroatoms. The molecule has 1 aromatic rings. The van der Waals surface area contributed by atoms with Crippen LogP contribution in [0.25, 0.3) is 0 Å². The summed E-state index contributed by atoms with van der Waals surface area (Å²) < 4.78 is 5.81. The van der Waals surface area contributed by atoms with E-state index >= 15 is 0 Å². The Labute approximate surface area is 111 Å². The van der Waals surface area contributed by atoms with Crippen molar-refractivity contribution < 1.29 is 4.74 Å². The highest BCUT2D eigenvalue weighted by molar-refractivity contribution is 5.27. The fraction of sp³-hybridized carbons (Fsp3) is 0.625. The zero-order chi connectivity index (χ0) is 12.6. The second kappa shape index (κ2) is 7.42. The van der Waals surface area contributed by atoms with Crippen LogP contribution in [0.15, 0.2) is 24.3 Å². The lowest BCUT2D eigenvalue weighted by Gasteiger charge is -2.22. The number of piperidine rings is 1. The van der Waals surface area contributed by atoms with E-state index < -0.39 is 0 Å². The lowest BCUT2D eigenvalue weighted by molar-refractivity contribution is 0.254. The summed E-state index contributed by atoms with van der Waals surface area (Å²) in [4.78, 5) is 0. The third kappa shape index (κ3) is 4.34. The molecule has 0 saturated carbocycles. The molecule has 0 aliphatic carbocycles. The van der Waals surface area contributed by atoms with Crippen molar-refractivity contribution in [1.82, 2.24) is 5.32 Å². The number of aryl methyl sites for hydroxylation is 1. The second-order valence-corrected chi connectivity index (χ2v) is 5.24. The van der Waals surface area contributed by atoms with Crippen molar-refractivity contribution in [2.24, 2.45) is 5.92 Å². The fourth-order valence-electron chi connectivity index (χ4n) is 2.55. The molecule has 1 aliphatic rings. The van der Waals surface area contributed by atoms with Crippen LogP contribution >= 0.6 is 0 Å². The van der Waals surface area contributed by atoms with Gasteiger partial charge < -0.3 is 10.1 Å². The number of hydrogen-bond donors (Lipinski definition) is 1. The molecule has 1 unspecified atom stereocenters. The highest BCUT2D eigenvalue weighted by Crippen LogP contribution is 2.17. The van der Waals surface area contributed by atoms with Crippen molar-refractivity contribution in [3.63, 3.8) is 0 Å². The quantitative estimate of drug-likeness (QED) is 0.832. The van der Waals surface area contributed by atoms with Crippen LogP contribution in [0.2, 0.25) is 0 Å². The van der Waals surface area contributed by atoms with Gasteiger partial charge in [-0.05, 0) is 62.4 Å². The molecule has 1 fully saturated rings. The molecule has 1 saturated heterocycles. The van der Waals surface area contributed by atoms with Gasteiger partial charge in [-0.2, -0.15) is 0 Å². The molecule has 1 N–H and O–H groups in total. The molecule has 0 bridgehead atoms. The number of ether oxygens (including phenoxy) is 1. The molecule has 0 radical (unpaired) electrons. The number of hydrogen-bond acceptors (Lipinski definition) is 2. The maximum Gasteiger partial charge on any atom is 0.119 e. The zero-order valence-electron chi connectivity index (χ0n) is 11.5. The van der Waals surface area contributed by atoms with Crippen LogP contribution < -0.4 is 10.1 Å². The maximum absolute atomic E-state index is 5.81. The predicted molar refractivity (Wildman–Crippen MR) is 76.1 cm³/mol. The second-order valence-electron chi connectivity index (χ2n) is 5.24. The monoisotopic (exact) mass is 247 g/mol. The van der Waals surface area contributed by atoms with E-state index in [1.807, 2.05) is 0 Å². The van der Waals surface area contributed by atoms with Gasteiger partial charge in [0.05, 0.1) is 6.61 Å². The lowest BCUT2D eigenvalue weighted by Crippen LogP contribution is -2.30. The van der Waals surface area contributed by atoms with Gasteiger partial charge >= 0.3 is 0 Å². The molecule has 1 aromatic carbocycles. The summed E-state index contributed by atoms with van der Waals surface area (Å²) >= 11 is 0. The van der Waals surface area contributed by atoms with Crippen molar-refractivity contribution in [3.05, 3.63) is 29.8 Å². The summed E-state index contributed by atoms with van der Waals surface area (Å²) in [6, 6.07) is 8.57. The molecule has 100 valence electrons. The van der Waals surface area contributed by atoms with Gasteiger partial charge in [0, 0.05) is 0 Å². The Morgan fingerprint density at radius 3 is 2.78 bits per heavy atom. The first kappa shape index (κ1) is 13.4. The summed E-state index contributed by atoms with van der Waals surface area (Å²) in [6.45, 7) is 5.41. The smallest absolute Gasteiger partial charge is 0.119 e. The van der Waals surface area contributed by atoms with E-state index in [0.29, 0.717) is 0 Å². The van der Waals surface area contributed by atoms with Gasteiger partial charge in [-0.3, -0.25) is 0 Å². The molecule has 18 heavy (non-hydrogen) atoms. The van der Waals surface area contributed by atoms with Crippen LogP contribution in [0, 0.1) is 5.92 Å². The van der Waals surface area contributed by atoms with Gasteiger partial charge in [0.2, 0.25) is 0 Å². The maximum atomic E-state index is 5.81. The molecule has 1 aliphatic heterocycles. The summed E-state index contributed by atoms with van der Waals surface area (Å²) in [5, 5.41) is 3.45. The summed E-state index contributed by atoms with van der Waals surface area (Å²) in [6.07, 6.45) is 6.20. The molecule has 0 spiro atoms. The molecule has 0 amide bonds. The summed E-state index contributed by atoms with van der Waals surface area (Å²) in [5.41, 5.74) is 1.40. The zero-order valence-corrected chi connectivity index (χ0v) is 11.5. The van der Waals surface area contributed by atoms with Crippen LogP contribution in [0.5, 0.6) is 5.75 Å². The van der Waals surface area contributed by atoms with Crippen LogP contribution in [-0.4, -0.2) is 19.7 Å². The third-order valence-corrected chi connectivity index (χ3v) is 3.66. The largest absolute Gasteiger partial charge is 0.494 e. The first-order valence-electron chi connectivity index (χ1n) is 7.31. The van der Waals surface area contributed by atoms with Crippen LogP contribution in [0.1, 0.15) is 38.2 Å². The number of nitrogens with one attached hydrogen (secondary N) is 1. The first-order valence-corrected chi connectivity index (χ1v) is 7.31. The molecule has 2 nitrogen and oxygen atoms in total. The SMILES string of the molecule is CCCc1ccc(OCCC2CCCNC2)cc1. The van der Waals surface area contributed by atoms with Gasteiger partial charge in [-0.15, -0.1) is 0 Å². The van der Waals surface area contributed by atoms with Crippen molar-refractivity contribution >= 4 is 0 Å². The number of benzene rings is 1. The number of rotatable bonds is 6. The molecule has 1 heterocycles. The summed E-state index contributed by atoms with van der Waals surface area (Å²) in [5.74, 6) is 1.82. The predicted octanol–water partition coefficient (Wildman–Crippen LogP) is 3.41. The molecule has 2 rings (SSSR count). The minimum absolute atomic E-state index is 0.804. The molecule has 1 atom stereocenters. The molecular formula is C16H25NO. The van der Waals surface area contributed by atoms with E-state index in [0.717, 1.165) is 24.7 Å². The fourth-order valence-corrected chi connectivity index (χ4v) is 2.55. The van der Waals surface area contributed by atoms with Crippen molar-refractivity contribution in [2.45, 2.75) is 39.0 Å². The Hall–Kier alpha value is -1.02. The average molecular weight is 247 g/mol. The van der Waals surface area contributed by atoms with E-state index in [1.165, 1.54) is 44.3 Å². The van der Waals surface area contributed by atoms with Crippen LogP contribution in [0.3, 0.4) is 0 Å². The van der Waals surface area contributed by atoms with Crippen LogP contribution in [0.4, 0.5) is 0 Å². The van der Waals surface area contributed by atoms with Gasteiger partial charge in [-0.25, -0.2) is 0 Å². The van der Waals surface area contributed by atoms with Crippen molar-refractivity contribution in [3.8, 4) is 5.75 Å². The van der Waals surface area contributed by atoms with E-state index in [1.54, 1.807) is 0 Å². The standard InChI is InChI=1S/C16H25NO/c1-2-4-14-6-8-16(9-7-14)18-12-10-15-5-3-11-17-13-15/h6-9,15,17H,2-5,10-13H2,1H3. The average Bonchev–Trinajstić information content (AvgIpc) is 2.42. The van der Waals surface area contributed by atoms with E-state index in [-0.39, 0.29) is 0 Å². The van der Waals surface area contributed by atoms with Crippen molar-refractivity contribution in [2.75, 3.05) is 19.7 Å². The van der Waals surface area contributed by atoms with E-state index in [9.17, 15) is 0 Å². The Morgan fingerprint density at radius 1 is 1.28 bits per heavy atom. The topological polar surface area (TPSA) is 21.3 Å². The minimum Gasteiger partial charge on any atom is -0.494 e. The van der Waals surface area contributed by atoms with Gasteiger partial charge in [0.1, 0.15) is 5.75 Å².